The molecule has 0 saturated heterocycles. The van der Waals surface area contributed by atoms with Crippen LogP contribution in [0.25, 0.3) is 5.69 Å². The maximum Gasteiger partial charge on any atom is 0.214 e. The molecule has 0 saturated carbocycles. The third-order valence-electron chi connectivity index (χ3n) is 2.99. The topological polar surface area (TPSA) is 76.7 Å². The van der Waals surface area contributed by atoms with Crippen LogP contribution in [0, 0.1) is 6.92 Å². The summed E-state index contributed by atoms with van der Waals surface area (Å²) in [6.07, 6.45) is 1.78. The van der Waals surface area contributed by atoms with Gasteiger partial charge in [0.15, 0.2) is 0 Å². The summed E-state index contributed by atoms with van der Waals surface area (Å²) < 4.78 is 1.64. The van der Waals surface area contributed by atoms with Crippen LogP contribution in [0.4, 0.5) is 0 Å². The highest BCUT2D eigenvalue weighted by Crippen LogP contribution is 2.23. The summed E-state index contributed by atoms with van der Waals surface area (Å²) in [5.74, 6) is 0.913. The largest absolute Gasteiger partial charge is 0.508 e. The molecule has 21 heavy (non-hydrogen) atoms. The molecular formula is C14H13N5OS. The van der Waals surface area contributed by atoms with Crippen molar-refractivity contribution in [2.45, 2.75) is 17.8 Å². The standard InChI is InChI=1S/C14H13N5OS/c1-10-3-2-8-15-13(10)9-21-14-16-17-18-19(14)11-4-6-12(20)7-5-11/h2-8,20H,9H2,1H3. The number of hydrogen-bond acceptors (Lipinski definition) is 6. The molecule has 2 aromatic heterocycles. The number of hydrogen-bond donors (Lipinski definition) is 1. The van der Waals surface area contributed by atoms with E-state index in [0.717, 1.165) is 16.9 Å². The van der Waals surface area contributed by atoms with Crippen molar-refractivity contribution in [2.24, 2.45) is 0 Å². The van der Waals surface area contributed by atoms with Crippen LogP contribution in [0.5, 0.6) is 5.75 Å². The zero-order valence-electron chi connectivity index (χ0n) is 11.3. The molecule has 2 heterocycles. The van der Waals surface area contributed by atoms with Crippen LogP contribution < -0.4 is 0 Å². The van der Waals surface area contributed by atoms with Crippen molar-refractivity contribution < 1.29 is 5.11 Å². The van der Waals surface area contributed by atoms with E-state index >= 15 is 0 Å². The van der Waals surface area contributed by atoms with Crippen LogP contribution in [-0.4, -0.2) is 30.3 Å². The Morgan fingerprint density at radius 1 is 1.19 bits per heavy atom. The van der Waals surface area contributed by atoms with Crippen molar-refractivity contribution in [1.82, 2.24) is 25.2 Å². The summed E-state index contributed by atoms with van der Waals surface area (Å²) in [6.45, 7) is 2.03. The Balaban J connectivity index is 1.80. The Morgan fingerprint density at radius 2 is 2.00 bits per heavy atom. The fourth-order valence-corrected chi connectivity index (χ4v) is 2.75. The average Bonchev–Trinajstić information content (AvgIpc) is 2.96. The zero-order chi connectivity index (χ0) is 14.7. The lowest BCUT2D eigenvalue weighted by atomic mass is 10.2. The Labute approximate surface area is 125 Å². The van der Waals surface area contributed by atoms with Gasteiger partial charge in [0, 0.05) is 11.9 Å². The number of tetrazole rings is 1. The number of thioether (sulfide) groups is 1. The van der Waals surface area contributed by atoms with Crippen LogP contribution in [0.2, 0.25) is 0 Å². The summed E-state index contributed by atoms with van der Waals surface area (Å²) in [5, 5.41) is 21.8. The first-order chi connectivity index (χ1) is 10.2. The lowest BCUT2D eigenvalue weighted by Crippen LogP contribution is -1.99. The third kappa shape index (κ3) is 3.03. The van der Waals surface area contributed by atoms with Crippen molar-refractivity contribution in [2.75, 3.05) is 0 Å². The van der Waals surface area contributed by atoms with Gasteiger partial charge in [-0.3, -0.25) is 4.98 Å². The van der Waals surface area contributed by atoms with Crippen molar-refractivity contribution >= 4 is 11.8 Å². The molecule has 0 fully saturated rings. The van der Waals surface area contributed by atoms with E-state index in [1.165, 1.54) is 11.8 Å². The second kappa shape index (κ2) is 5.92. The van der Waals surface area contributed by atoms with Gasteiger partial charge in [-0.1, -0.05) is 17.8 Å². The van der Waals surface area contributed by atoms with Crippen molar-refractivity contribution in [3.63, 3.8) is 0 Å². The summed E-state index contributed by atoms with van der Waals surface area (Å²) in [5.41, 5.74) is 2.97. The molecule has 0 amide bonds. The predicted octanol–water partition coefficient (Wildman–Crippen LogP) is 2.36. The summed E-state index contributed by atoms with van der Waals surface area (Å²) in [7, 11) is 0. The summed E-state index contributed by atoms with van der Waals surface area (Å²) in [4.78, 5) is 4.36. The second-order valence-electron chi connectivity index (χ2n) is 4.45. The third-order valence-corrected chi connectivity index (χ3v) is 3.92. The smallest absolute Gasteiger partial charge is 0.214 e. The number of aromatic nitrogens is 5. The van der Waals surface area contributed by atoms with Crippen molar-refractivity contribution in [3.8, 4) is 11.4 Å². The maximum absolute atomic E-state index is 9.33. The molecular weight excluding hydrogens is 286 g/mol. The normalized spacial score (nSPS) is 10.7. The molecule has 0 bridgehead atoms. The highest BCUT2D eigenvalue weighted by molar-refractivity contribution is 7.98. The van der Waals surface area contributed by atoms with Gasteiger partial charge in [-0.25, -0.2) is 0 Å². The van der Waals surface area contributed by atoms with E-state index in [1.54, 1.807) is 35.1 Å². The van der Waals surface area contributed by atoms with Gasteiger partial charge in [0.2, 0.25) is 5.16 Å². The highest BCUT2D eigenvalue weighted by atomic mass is 32.2. The Morgan fingerprint density at radius 3 is 2.76 bits per heavy atom. The van der Waals surface area contributed by atoms with Gasteiger partial charge >= 0.3 is 0 Å². The zero-order valence-corrected chi connectivity index (χ0v) is 12.2. The number of rotatable bonds is 4. The van der Waals surface area contributed by atoms with Crippen LogP contribution in [-0.2, 0) is 5.75 Å². The van der Waals surface area contributed by atoms with Crippen molar-refractivity contribution in [3.05, 3.63) is 53.9 Å². The number of aromatic hydroxyl groups is 1. The molecule has 0 radical (unpaired) electrons. The van der Waals surface area contributed by atoms with Gasteiger partial charge in [-0.05, 0) is 53.2 Å². The van der Waals surface area contributed by atoms with Crippen molar-refractivity contribution in [1.29, 1.82) is 0 Å². The number of pyridine rings is 1. The van der Waals surface area contributed by atoms with E-state index in [4.69, 9.17) is 0 Å². The molecule has 1 aromatic carbocycles. The maximum atomic E-state index is 9.33. The van der Waals surface area contributed by atoms with Gasteiger partial charge in [-0.15, -0.1) is 5.10 Å². The fourth-order valence-electron chi connectivity index (χ4n) is 1.83. The lowest BCUT2D eigenvalue weighted by Gasteiger charge is -2.05. The average molecular weight is 299 g/mol. The first-order valence-electron chi connectivity index (χ1n) is 6.35. The minimum Gasteiger partial charge on any atom is -0.508 e. The highest BCUT2D eigenvalue weighted by Gasteiger charge is 2.10. The Bertz CT molecular complexity index is 741. The molecule has 106 valence electrons. The Hall–Kier alpha value is -2.41. The van der Waals surface area contributed by atoms with E-state index < -0.39 is 0 Å². The van der Waals surface area contributed by atoms with Crippen LogP contribution >= 0.6 is 11.8 Å². The Kier molecular flexibility index (Phi) is 3.83. The molecule has 7 heteroatoms. The number of phenolic OH excluding ortho intramolecular Hbond substituents is 1. The van der Waals surface area contributed by atoms with E-state index in [9.17, 15) is 5.11 Å². The molecule has 1 N–H and O–H groups in total. The van der Waals surface area contributed by atoms with E-state index in [0.29, 0.717) is 10.9 Å². The van der Waals surface area contributed by atoms with E-state index in [2.05, 4.69) is 20.5 Å². The van der Waals surface area contributed by atoms with E-state index in [-0.39, 0.29) is 5.75 Å². The van der Waals surface area contributed by atoms with Gasteiger partial charge in [0.25, 0.3) is 0 Å². The molecule has 0 aliphatic carbocycles. The van der Waals surface area contributed by atoms with Gasteiger partial charge in [-0.2, -0.15) is 4.68 Å². The number of aryl methyl sites for hydroxylation is 1. The first kappa shape index (κ1) is 13.6. The number of benzene rings is 1. The minimum atomic E-state index is 0.213. The molecule has 3 aromatic rings. The summed E-state index contributed by atoms with van der Waals surface area (Å²) >= 11 is 1.52. The molecule has 0 unspecified atom stereocenters. The SMILES string of the molecule is Cc1cccnc1CSc1nnnn1-c1ccc(O)cc1. The number of nitrogens with zero attached hydrogens (tertiary/aromatic N) is 5. The van der Waals surface area contributed by atoms with E-state index in [1.807, 2.05) is 19.1 Å². The second-order valence-corrected chi connectivity index (χ2v) is 5.39. The van der Waals surface area contributed by atoms with Crippen LogP contribution in [0.15, 0.2) is 47.8 Å². The monoisotopic (exact) mass is 299 g/mol. The van der Waals surface area contributed by atoms with Gasteiger partial charge in [0.1, 0.15) is 5.75 Å². The predicted molar refractivity (Wildman–Crippen MR) is 79.4 cm³/mol. The van der Waals surface area contributed by atoms with Crippen LogP contribution in [0.3, 0.4) is 0 Å². The van der Waals surface area contributed by atoms with Gasteiger partial charge in [0.05, 0.1) is 11.4 Å². The molecule has 3 rings (SSSR count). The molecule has 0 spiro atoms. The lowest BCUT2D eigenvalue weighted by molar-refractivity contribution is 0.475. The van der Waals surface area contributed by atoms with Crippen LogP contribution in [0.1, 0.15) is 11.3 Å². The molecule has 6 nitrogen and oxygen atoms in total. The molecule has 0 aliphatic rings. The quantitative estimate of drug-likeness (QED) is 0.745. The number of phenols is 1. The molecule has 0 aliphatic heterocycles. The van der Waals surface area contributed by atoms with Gasteiger partial charge < -0.3 is 5.11 Å². The minimum absolute atomic E-state index is 0.213. The fraction of sp³-hybridized carbons (Fsp3) is 0.143. The summed E-state index contributed by atoms with van der Waals surface area (Å²) in [6, 6.07) is 10.7. The first-order valence-corrected chi connectivity index (χ1v) is 7.33. The molecule has 0 atom stereocenters.